The first-order valence-corrected chi connectivity index (χ1v) is 6.36. The van der Waals surface area contributed by atoms with Crippen molar-refractivity contribution in [3.8, 4) is 5.75 Å². The molecule has 0 N–H and O–H groups in total. The molecule has 0 aliphatic carbocycles. The van der Waals surface area contributed by atoms with Gasteiger partial charge in [-0.1, -0.05) is 35.3 Å². The van der Waals surface area contributed by atoms with Crippen molar-refractivity contribution in [2.24, 2.45) is 0 Å². The third-order valence-electron chi connectivity index (χ3n) is 2.61. The minimum Gasteiger partial charge on any atom is -0.486 e. The lowest BCUT2D eigenvalue weighted by Crippen LogP contribution is -2.02. The summed E-state index contributed by atoms with van der Waals surface area (Å²) in [7, 11) is 0. The number of hydrogen-bond donors (Lipinski definition) is 0. The Bertz CT molecular complexity index is 727. The second-order valence-corrected chi connectivity index (χ2v) is 4.73. The minimum absolute atomic E-state index is 0.269. The Labute approximate surface area is 119 Å². The molecular weight excluding hydrogens is 285 g/mol. The van der Waals surface area contributed by atoms with Crippen LogP contribution in [0.15, 0.2) is 42.5 Å². The van der Waals surface area contributed by atoms with Crippen LogP contribution in [0.4, 0.5) is 0 Å². The number of aromatic nitrogens is 3. The van der Waals surface area contributed by atoms with Crippen molar-refractivity contribution >= 4 is 28.8 Å². The topological polar surface area (TPSA) is 39.4 Å². The van der Waals surface area contributed by atoms with E-state index in [0.29, 0.717) is 27.4 Å². The normalized spacial score (nSPS) is 10.8. The van der Waals surface area contributed by atoms with Gasteiger partial charge >= 0.3 is 0 Å². The van der Waals surface area contributed by atoms with E-state index in [0.717, 1.165) is 0 Å². The summed E-state index contributed by atoms with van der Waals surface area (Å²) in [5, 5.41) is 9.27. The third kappa shape index (κ3) is 2.50. The predicted molar refractivity (Wildman–Crippen MR) is 73.8 cm³/mol. The van der Waals surface area contributed by atoms with Crippen LogP contribution in [0.25, 0.3) is 5.65 Å². The minimum atomic E-state index is 0.269. The van der Waals surface area contributed by atoms with Crippen LogP contribution in [0.3, 0.4) is 0 Å². The van der Waals surface area contributed by atoms with Crippen molar-refractivity contribution < 1.29 is 4.74 Å². The Balaban J connectivity index is 1.86. The molecule has 2 heterocycles. The monoisotopic (exact) mass is 293 g/mol. The Morgan fingerprint density at radius 1 is 1.05 bits per heavy atom. The van der Waals surface area contributed by atoms with Gasteiger partial charge in [0.1, 0.15) is 17.5 Å². The van der Waals surface area contributed by atoms with Crippen LogP contribution in [0.1, 0.15) is 5.82 Å². The maximum Gasteiger partial charge on any atom is 0.176 e. The molecule has 0 fully saturated rings. The average molecular weight is 294 g/mol. The van der Waals surface area contributed by atoms with Gasteiger partial charge in [0.05, 0.1) is 0 Å². The average Bonchev–Trinajstić information content (AvgIpc) is 2.81. The molecule has 19 heavy (non-hydrogen) atoms. The molecule has 96 valence electrons. The highest BCUT2D eigenvalue weighted by molar-refractivity contribution is 6.30. The van der Waals surface area contributed by atoms with Gasteiger partial charge in [-0.3, -0.25) is 4.40 Å². The van der Waals surface area contributed by atoms with E-state index in [-0.39, 0.29) is 6.61 Å². The van der Waals surface area contributed by atoms with Crippen molar-refractivity contribution in [3.05, 3.63) is 58.5 Å². The molecule has 0 aliphatic rings. The van der Waals surface area contributed by atoms with Gasteiger partial charge < -0.3 is 4.74 Å². The van der Waals surface area contributed by atoms with Crippen molar-refractivity contribution in [1.29, 1.82) is 0 Å². The standard InChI is InChI=1S/C13H9Cl2N3O/c14-9-3-1-4-10(7-9)19-8-13-17-16-12-6-2-5-11(15)18(12)13/h1-7H,8H2. The molecule has 0 amide bonds. The number of rotatable bonds is 3. The molecule has 0 spiro atoms. The van der Waals surface area contributed by atoms with Crippen molar-refractivity contribution in [2.45, 2.75) is 6.61 Å². The number of nitrogens with zero attached hydrogens (tertiary/aromatic N) is 3. The summed E-state index contributed by atoms with van der Waals surface area (Å²) in [6.45, 7) is 0.269. The zero-order valence-corrected chi connectivity index (χ0v) is 11.3. The molecule has 0 atom stereocenters. The Kier molecular flexibility index (Phi) is 3.27. The highest BCUT2D eigenvalue weighted by Crippen LogP contribution is 2.19. The summed E-state index contributed by atoms with van der Waals surface area (Å²) in [5.74, 6) is 1.32. The number of hydrogen-bond acceptors (Lipinski definition) is 3. The zero-order valence-electron chi connectivity index (χ0n) is 9.75. The van der Waals surface area contributed by atoms with Crippen LogP contribution in [0, 0.1) is 0 Å². The van der Waals surface area contributed by atoms with Crippen molar-refractivity contribution in [1.82, 2.24) is 14.6 Å². The first-order valence-electron chi connectivity index (χ1n) is 5.61. The van der Waals surface area contributed by atoms with E-state index in [1.54, 1.807) is 22.6 Å². The molecular formula is C13H9Cl2N3O. The fourth-order valence-corrected chi connectivity index (χ4v) is 2.19. The number of ether oxygens (including phenoxy) is 1. The maximum atomic E-state index is 6.12. The van der Waals surface area contributed by atoms with Crippen LogP contribution in [-0.2, 0) is 6.61 Å². The van der Waals surface area contributed by atoms with Gasteiger partial charge in [0, 0.05) is 5.02 Å². The van der Waals surface area contributed by atoms with E-state index in [2.05, 4.69) is 10.2 Å². The fourth-order valence-electron chi connectivity index (χ4n) is 1.76. The summed E-state index contributed by atoms with van der Waals surface area (Å²) < 4.78 is 7.37. The number of halogens is 2. The van der Waals surface area contributed by atoms with Crippen molar-refractivity contribution in [2.75, 3.05) is 0 Å². The Morgan fingerprint density at radius 3 is 2.74 bits per heavy atom. The molecule has 4 nitrogen and oxygen atoms in total. The molecule has 3 rings (SSSR count). The number of fused-ring (bicyclic) bond motifs is 1. The van der Waals surface area contributed by atoms with E-state index >= 15 is 0 Å². The van der Waals surface area contributed by atoms with E-state index in [4.69, 9.17) is 27.9 Å². The molecule has 0 unspecified atom stereocenters. The maximum absolute atomic E-state index is 6.12. The van der Waals surface area contributed by atoms with Gasteiger partial charge in [-0.05, 0) is 30.3 Å². The molecule has 2 aromatic heterocycles. The van der Waals surface area contributed by atoms with Crippen molar-refractivity contribution in [3.63, 3.8) is 0 Å². The van der Waals surface area contributed by atoms with Crippen LogP contribution < -0.4 is 4.74 Å². The summed E-state index contributed by atoms with van der Waals surface area (Å²) in [5.41, 5.74) is 0.692. The Morgan fingerprint density at radius 2 is 1.89 bits per heavy atom. The first-order chi connectivity index (χ1) is 9.24. The molecule has 0 bridgehead atoms. The van der Waals surface area contributed by atoms with Crippen LogP contribution in [0.5, 0.6) is 5.75 Å². The summed E-state index contributed by atoms with van der Waals surface area (Å²) >= 11 is 12.0. The summed E-state index contributed by atoms with van der Waals surface area (Å²) in [6.07, 6.45) is 0. The van der Waals surface area contributed by atoms with Crippen LogP contribution >= 0.6 is 23.2 Å². The first kappa shape index (κ1) is 12.3. The molecule has 0 aliphatic heterocycles. The van der Waals surface area contributed by atoms with E-state index in [9.17, 15) is 0 Å². The van der Waals surface area contributed by atoms with Gasteiger partial charge in [0.25, 0.3) is 0 Å². The van der Waals surface area contributed by atoms with E-state index in [1.807, 2.05) is 24.3 Å². The molecule has 0 radical (unpaired) electrons. The quantitative estimate of drug-likeness (QED) is 0.693. The SMILES string of the molecule is Clc1cccc(OCc2nnc3cccc(Cl)n23)c1. The molecule has 6 heteroatoms. The third-order valence-corrected chi connectivity index (χ3v) is 3.14. The second-order valence-electron chi connectivity index (χ2n) is 3.90. The van der Waals surface area contributed by atoms with E-state index < -0.39 is 0 Å². The highest BCUT2D eigenvalue weighted by atomic mass is 35.5. The molecule has 0 saturated carbocycles. The summed E-state index contributed by atoms with van der Waals surface area (Å²) in [6, 6.07) is 12.6. The number of benzene rings is 1. The largest absolute Gasteiger partial charge is 0.486 e. The summed E-state index contributed by atoms with van der Waals surface area (Å²) in [4.78, 5) is 0. The van der Waals surface area contributed by atoms with Gasteiger partial charge in [-0.15, -0.1) is 10.2 Å². The predicted octanol–water partition coefficient (Wildman–Crippen LogP) is 3.62. The second kappa shape index (κ2) is 5.07. The van der Waals surface area contributed by atoms with Gasteiger partial charge in [0.2, 0.25) is 0 Å². The molecule has 3 aromatic rings. The van der Waals surface area contributed by atoms with Crippen LogP contribution in [0.2, 0.25) is 10.2 Å². The lowest BCUT2D eigenvalue weighted by Gasteiger charge is -2.06. The van der Waals surface area contributed by atoms with Gasteiger partial charge in [-0.25, -0.2) is 0 Å². The Hall–Kier alpha value is -1.78. The fraction of sp³-hybridized carbons (Fsp3) is 0.0769. The smallest absolute Gasteiger partial charge is 0.176 e. The molecule has 1 aromatic carbocycles. The number of pyridine rings is 1. The zero-order chi connectivity index (χ0) is 13.2. The van der Waals surface area contributed by atoms with Crippen LogP contribution in [-0.4, -0.2) is 14.6 Å². The van der Waals surface area contributed by atoms with E-state index in [1.165, 1.54) is 0 Å². The lowest BCUT2D eigenvalue weighted by atomic mass is 10.3. The lowest BCUT2D eigenvalue weighted by molar-refractivity contribution is 0.294. The highest BCUT2D eigenvalue weighted by Gasteiger charge is 2.08. The van der Waals surface area contributed by atoms with Gasteiger partial charge in [-0.2, -0.15) is 0 Å². The molecule has 0 saturated heterocycles. The van der Waals surface area contributed by atoms with Gasteiger partial charge in [0.15, 0.2) is 11.5 Å².